The van der Waals surface area contributed by atoms with Crippen molar-refractivity contribution in [1.82, 2.24) is 4.57 Å². The lowest BCUT2D eigenvalue weighted by atomic mass is 10.1. The minimum absolute atomic E-state index is 0.294. The van der Waals surface area contributed by atoms with Crippen LogP contribution in [0.15, 0.2) is 76.4 Å². The summed E-state index contributed by atoms with van der Waals surface area (Å²) in [4.78, 5) is 13.2. The third kappa shape index (κ3) is 3.93. The third-order valence-corrected chi connectivity index (χ3v) is 6.24. The van der Waals surface area contributed by atoms with Crippen molar-refractivity contribution in [2.75, 3.05) is 7.11 Å². The molecule has 0 saturated heterocycles. The Morgan fingerprint density at radius 3 is 2.03 bits per heavy atom. The Bertz CT molecular complexity index is 1690. The number of aromatic nitrogens is 1. The molecule has 0 atom stereocenters. The smallest absolute Gasteiger partial charge is 0.255 e. The molecule has 36 heavy (non-hydrogen) atoms. The molecule has 1 heterocycles. The molecule has 5 aromatic rings. The van der Waals surface area contributed by atoms with Crippen LogP contribution in [0.2, 0.25) is 0 Å². The average Bonchev–Trinajstić information content (AvgIpc) is 2.90. The maximum atomic E-state index is 13.9. The Balaban J connectivity index is 1.56. The first kappa shape index (κ1) is 23.7. The molecule has 4 aromatic carbocycles. The van der Waals surface area contributed by atoms with Crippen LogP contribution in [-0.2, 0) is 0 Å². The van der Waals surface area contributed by atoms with E-state index in [0.717, 1.165) is 10.8 Å². The molecule has 0 N–H and O–H groups in total. The molecule has 5 rings (SSSR count). The molecule has 1 aromatic heterocycles. The fraction of sp³-hybridized carbons (Fsp3) is 0.0385. The average molecular weight is 515 g/mol. The predicted octanol–water partition coefficient (Wildman–Crippen LogP) is 6.93. The van der Waals surface area contributed by atoms with Crippen molar-refractivity contribution >= 4 is 33.7 Å². The molecule has 0 aliphatic carbocycles. The van der Waals surface area contributed by atoms with Crippen LogP contribution in [0.25, 0.3) is 27.4 Å². The first-order valence-corrected chi connectivity index (χ1v) is 11.1. The van der Waals surface area contributed by atoms with Gasteiger partial charge in [-0.25, -0.2) is 13.2 Å². The van der Waals surface area contributed by atoms with E-state index in [1.54, 1.807) is 18.2 Å². The Kier molecular flexibility index (Phi) is 6.05. The van der Waals surface area contributed by atoms with Gasteiger partial charge in [-0.2, -0.15) is 8.78 Å². The number of pyridine rings is 1. The summed E-state index contributed by atoms with van der Waals surface area (Å²) >= 11 is 0.407. The highest BCUT2D eigenvalue weighted by Crippen LogP contribution is 2.35. The summed E-state index contributed by atoms with van der Waals surface area (Å²) < 4.78 is 79.8. The van der Waals surface area contributed by atoms with Crippen LogP contribution in [0.5, 0.6) is 11.5 Å². The highest BCUT2D eigenvalue weighted by molar-refractivity contribution is 7.95. The normalized spacial score (nSPS) is 11.3. The van der Waals surface area contributed by atoms with Gasteiger partial charge < -0.3 is 8.92 Å². The molecule has 0 amide bonds. The van der Waals surface area contributed by atoms with Crippen LogP contribution in [0.1, 0.15) is 0 Å². The van der Waals surface area contributed by atoms with E-state index in [-0.39, 0.29) is 5.56 Å². The summed E-state index contributed by atoms with van der Waals surface area (Å²) in [6, 6.07) is 18.7. The number of hydrogen-bond donors (Lipinski definition) is 0. The largest absolute Gasteiger partial charge is 0.495 e. The molecular weight excluding hydrogens is 501 g/mol. The van der Waals surface area contributed by atoms with E-state index in [4.69, 9.17) is 8.92 Å². The van der Waals surface area contributed by atoms with Crippen molar-refractivity contribution in [3.8, 4) is 17.2 Å². The standard InChI is InChI=1S/C26H14F5NO3S/c1-34-19-12-14-5-3-2-4-13(14)11-18(19)32-17-8-7-16(10-15(17)6-9-20(32)33)36-35-26-24(30)22(28)21(27)23(29)25(26)31/h2-12H,1H3. The minimum atomic E-state index is -2.27. The molecule has 0 bridgehead atoms. The van der Waals surface area contributed by atoms with E-state index in [9.17, 15) is 26.7 Å². The molecule has 0 fully saturated rings. The zero-order valence-corrected chi connectivity index (χ0v) is 19.1. The number of nitrogens with zero attached hydrogens (tertiary/aromatic N) is 1. The minimum Gasteiger partial charge on any atom is -0.495 e. The second-order valence-electron chi connectivity index (χ2n) is 7.66. The zero-order valence-electron chi connectivity index (χ0n) is 18.3. The van der Waals surface area contributed by atoms with Crippen molar-refractivity contribution in [1.29, 1.82) is 0 Å². The van der Waals surface area contributed by atoms with Gasteiger partial charge in [0, 0.05) is 16.3 Å². The fourth-order valence-corrected chi connectivity index (χ4v) is 4.44. The number of benzene rings is 4. The predicted molar refractivity (Wildman–Crippen MR) is 126 cm³/mol. The lowest BCUT2D eigenvalue weighted by Crippen LogP contribution is -2.18. The van der Waals surface area contributed by atoms with Gasteiger partial charge in [0.05, 0.1) is 30.4 Å². The van der Waals surface area contributed by atoms with Crippen molar-refractivity contribution in [3.05, 3.63) is 106 Å². The van der Waals surface area contributed by atoms with Crippen LogP contribution < -0.4 is 14.5 Å². The number of rotatable bonds is 5. The number of fused-ring (bicyclic) bond motifs is 2. The highest BCUT2D eigenvalue weighted by Gasteiger charge is 2.27. The number of methoxy groups -OCH3 is 1. The molecule has 0 aliphatic rings. The van der Waals surface area contributed by atoms with Crippen molar-refractivity contribution in [2.24, 2.45) is 0 Å². The van der Waals surface area contributed by atoms with Crippen LogP contribution in [0.4, 0.5) is 22.0 Å². The van der Waals surface area contributed by atoms with Crippen LogP contribution >= 0.6 is 12.0 Å². The lowest BCUT2D eigenvalue weighted by Gasteiger charge is -2.15. The maximum Gasteiger partial charge on any atom is 0.255 e. The third-order valence-electron chi connectivity index (χ3n) is 5.54. The summed E-state index contributed by atoms with van der Waals surface area (Å²) in [6.07, 6.45) is 0. The fourth-order valence-electron chi connectivity index (χ4n) is 3.82. The van der Waals surface area contributed by atoms with Crippen LogP contribution in [0, 0.1) is 29.1 Å². The molecule has 0 spiro atoms. The van der Waals surface area contributed by atoms with E-state index >= 15 is 0 Å². The summed E-state index contributed by atoms with van der Waals surface area (Å²) in [6.45, 7) is 0. The van der Waals surface area contributed by atoms with Crippen molar-refractivity contribution < 1.29 is 30.9 Å². The Labute approximate surface area is 204 Å². The molecule has 4 nitrogen and oxygen atoms in total. The summed E-state index contributed by atoms with van der Waals surface area (Å²) in [5.41, 5.74) is 0.677. The molecule has 0 unspecified atom stereocenters. The number of ether oxygens (including phenoxy) is 1. The quantitative estimate of drug-likeness (QED) is 0.110. The van der Waals surface area contributed by atoms with Gasteiger partial charge in [-0.1, -0.05) is 24.3 Å². The Hall–Kier alpha value is -4.05. The summed E-state index contributed by atoms with van der Waals surface area (Å²) in [7, 11) is 1.50. The first-order chi connectivity index (χ1) is 17.3. The summed E-state index contributed by atoms with van der Waals surface area (Å²) in [5.74, 6) is -11.5. The van der Waals surface area contributed by atoms with Gasteiger partial charge in [0.25, 0.3) is 5.56 Å². The molecule has 0 aliphatic heterocycles. The van der Waals surface area contributed by atoms with Gasteiger partial charge >= 0.3 is 0 Å². The highest BCUT2D eigenvalue weighted by atomic mass is 32.2. The van der Waals surface area contributed by atoms with Gasteiger partial charge in [-0.3, -0.25) is 9.36 Å². The molecule has 10 heteroatoms. The summed E-state index contributed by atoms with van der Waals surface area (Å²) in [5, 5.41) is 2.37. The lowest BCUT2D eigenvalue weighted by molar-refractivity contribution is 0.355. The molecule has 0 saturated carbocycles. The van der Waals surface area contributed by atoms with E-state index in [0.29, 0.717) is 39.3 Å². The monoisotopic (exact) mass is 515 g/mol. The topological polar surface area (TPSA) is 40.5 Å². The van der Waals surface area contributed by atoms with E-state index in [1.165, 1.54) is 23.8 Å². The van der Waals surface area contributed by atoms with Gasteiger partial charge in [0.15, 0.2) is 0 Å². The second-order valence-corrected chi connectivity index (χ2v) is 8.47. The van der Waals surface area contributed by atoms with E-state index in [1.807, 2.05) is 36.4 Å². The van der Waals surface area contributed by atoms with Gasteiger partial charge in [0.1, 0.15) is 5.75 Å². The number of halogens is 5. The van der Waals surface area contributed by atoms with E-state index in [2.05, 4.69) is 0 Å². The second kappa shape index (κ2) is 9.19. The maximum absolute atomic E-state index is 13.9. The SMILES string of the molecule is COc1cc2ccccc2cc1-n1c(=O)ccc2cc(SOc3c(F)c(F)c(F)c(F)c3F)ccc21. The molecule has 0 radical (unpaired) electrons. The van der Waals surface area contributed by atoms with Gasteiger partial charge in [-0.05, 0) is 47.2 Å². The van der Waals surface area contributed by atoms with Gasteiger partial charge in [0.2, 0.25) is 34.8 Å². The Morgan fingerprint density at radius 2 is 1.36 bits per heavy atom. The first-order valence-electron chi connectivity index (χ1n) is 10.4. The van der Waals surface area contributed by atoms with Crippen LogP contribution in [0.3, 0.4) is 0 Å². The number of hydrogen-bond acceptors (Lipinski definition) is 4. The van der Waals surface area contributed by atoms with E-state index < -0.39 is 34.8 Å². The molecule has 182 valence electrons. The van der Waals surface area contributed by atoms with Crippen molar-refractivity contribution in [3.63, 3.8) is 0 Å². The zero-order chi connectivity index (χ0) is 25.6. The Morgan fingerprint density at radius 1 is 0.722 bits per heavy atom. The van der Waals surface area contributed by atoms with Crippen molar-refractivity contribution in [2.45, 2.75) is 4.90 Å². The van der Waals surface area contributed by atoms with Gasteiger partial charge in [-0.15, -0.1) is 0 Å². The molecular formula is C26H14F5NO3S. The van der Waals surface area contributed by atoms with Crippen LogP contribution in [-0.4, -0.2) is 11.7 Å².